The van der Waals surface area contributed by atoms with E-state index in [0.29, 0.717) is 27.8 Å². The van der Waals surface area contributed by atoms with Crippen LogP contribution in [0.3, 0.4) is 0 Å². The number of aryl methyl sites for hydroxylation is 3. The van der Waals surface area contributed by atoms with Crippen molar-refractivity contribution in [2.45, 2.75) is 24.9 Å². The van der Waals surface area contributed by atoms with Crippen LogP contribution in [0, 0.1) is 13.8 Å². The molecular formula is C16H17F3N2O2S. The number of halogens is 3. The smallest absolute Gasteiger partial charge is 0.303 e. The van der Waals surface area contributed by atoms with E-state index in [0.717, 1.165) is 10.1 Å². The molecule has 1 aromatic heterocycles. The van der Waals surface area contributed by atoms with Gasteiger partial charge < -0.3 is 4.57 Å². The molecule has 8 heteroatoms. The number of aromatic nitrogens is 2. The number of benzene rings is 1. The Morgan fingerprint density at radius 2 is 1.67 bits per heavy atom. The Morgan fingerprint density at radius 1 is 1.04 bits per heavy atom. The molecule has 0 spiro atoms. The zero-order chi connectivity index (χ0) is 18.2. The third kappa shape index (κ3) is 3.75. The summed E-state index contributed by atoms with van der Waals surface area (Å²) < 4.78 is 39.7. The molecule has 1 aromatic carbocycles. The van der Waals surface area contributed by atoms with Crippen molar-refractivity contribution in [1.82, 2.24) is 9.13 Å². The zero-order valence-electron chi connectivity index (χ0n) is 13.7. The minimum Gasteiger partial charge on any atom is -0.303 e. The molecule has 2 aromatic rings. The van der Waals surface area contributed by atoms with E-state index in [-0.39, 0.29) is 5.56 Å². The first kappa shape index (κ1) is 18.4. The number of alkyl halides is 3. The van der Waals surface area contributed by atoms with Crippen LogP contribution in [0.5, 0.6) is 0 Å². The second-order valence-corrected chi connectivity index (χ2v) is 6.65. The molecule has 24 heavy (non-hydrogen) atoms. The first-order valence-corrected chi connectivity index (χ1v) is 8.07. The maximum atomic E-state index is 12.5. The first-order chi connectivity index (χ1) is 11.0. The van der Waals surface area contributed by atoms with E-state index in [1.54, 1.807) is 26.0 Å². The zero-order valence-corrected chi connectivity index (χ0v) is 14.5. The summed E-state index contributed by atoms with van der Waals surface area (Å²) in [5, 5.41) is 0. The fourth-order valence-electron chi connectivity index (χ4n) is 2.43. The Kier molecular flexibility index (Phi) is 4.98. The second kappa shape index (κ2) is 6.51. The van der Waals surface area contributed by atoms with Crippen LogP contribution in [0.1, 0.15) is 11.1 Å². The van der Waals surface area contributed by atoms with E-state index >= 15 is 0 Å². The SMILES string of the molecule is Cc1cc(C)c(-c2cn(C)c(=O)n(C)c2=O)cc1SCC(F)(F)F. The molecule has 0 amide bonds. The highest BCUT2D eigenvalue weighted by atomic mass is 32.2. The highest BCUT2D eigenvalue weighted by Gasteiger charge is 2.27. The van der Waals surface area contributed by atoms with E-state index in [1.807, 2.05) is 0 Å². The van der Waals surface area contributed by atoms with Crippen molar-refractivity contribution < 1.29 is 13.2 Å². The molecule has 0 aliphatic heterocycles. The van der Waals surface area contributed by atoms with Crippen LogP contribution < -0.4 is 11.2 Å². The van der Waals surface area contributed by atoms with E-state index < -0.39 is 23.2 Å². The summed E-state index contributed by atoms with van der Waals surface area (Å²) in [5.74, 6) is -0.998. The van der Waals surface area contributed by atoms with Gasteiger partial charge in [0.15, 0.2) is 0 Å². The molecular weight excluding hydrogens is 341 g/mol. The molecule has 1 heterocycles. The molecule has 130 valence electrons. The lowest BCUT2D eigenvalue weighted by atomic mass is 10.0. The normalized spacial score (nSPS) is 11.8. The molecule has 0 aliphatic rings. The summed E-state index contributed by atoms with van der Waals surface area (Å²) in [4.78, 5) is 24.6. The van der Waals surface area contributed by atoms with Crippen molar-refractivity contribution >= 4 is 11.8 Å². The van der Waals surface area contributed by atoms with Crippen molar-refractivity contribution in [3.05, 3.63) is 50.3 Å². The van der Waals surface area contributed by atoms with Crippen molar-refractivity contribution in [2.75, 3.05) is 5.75 Å². The maximum Gasteiger partial charge on any atom is 0.398 e. The van der Waals surface area contributed by atoms with E-state index in [1.165, 1.54) is 24.9 Å². The quantitative estimate of drug-likeness (QED) is 0.793. The monoisotopic (exact) mass is 358 g/mol. The van der Waals surface area contributed by atoms with Crippen LogP contribution in [0.25, 0.3) is 11.1 Å². The molecule has 0 N–H and O–H groups in total. The van der Waals surface area contributed by atoms with Crippen LogP contribution >= 0.6 is 11.8 Å². The van der Waals surface area contributed by atoms with Crippen molar-refractivity contribution in [1.29, 1.82) is 0 Å². The van der Waals surface area contributed by atoms with Gasteiger partial charge in [-0.15, -0.1) is 11.8 Å². The summed E-state index contributed by atoms with van der Waals surface area (Å²) in [6.07, 6.45) is -2.85. The van der Waals surface area contributed by atoms with Gasteiger partial charge in [0.1, 0.15) is 0 Å². The summed E-state index contributed by atoms with van der Waals surface area (Å²) in [7, 11) is 2.89. The number of rotatable bonds is 3. The Hall–Kier alpha value is -1.96. The lowest BCUT2D eigenvalue weighted by Gasteiger charge is -2.14. The molecule has 0 saturated carbocycles. The molecule has 2 rings (SSSR count). The Bertz CT molecular complexity index is 898. The highest BCUT2D eigenvalue weighted by Crippen LogP contribution is 2.33. The van der Waals surface area contributed by atoms with Crippen molar-refractivity contribution in [3.63, 3.8) is 0 Å². The van der Waals surface area contributed by atoms with Gasteiger partial charge in [0.2, 0.25) is 0 Å². The predicted octanol–water partition coefficient (Wildman–Crippen LogP) is 3.02. The average Bonchev–Trinajstić information content (AvgIpc) is 2.47. The number of hydrogen-bond donors (Lipinski definition) is 0. The van der Waals surface area contributed by atoms with E-state index in [9.17, 15) is 22.8 Å². The average molecular weight is 358 g/mol. The van der Waals surface area contributed by atoms with Crippen molar-refractivity contribution in [3.8, 4) is 11.1 Å². The molecule has 0 saturated heterocycles. The van der Waals surface area contributed by atoms with Crippen LogP contribution in [0.2, 0.25) is 0 Å². The fourth-order valence-corrected chi connectivity index (χ4v) is 3.24. The van der Waals surface area contributed by atoms with Gasteiger partial charge in [0.05, 0.1) is 11.3 Å². The van der Waals surface area contributed by atoms with Gasteiger partial charge in [0, 0.05) is 25.2 Å². The Balaban J connectivity index is 2.60. The molecule has 0 radical (unpaired) electrons. The third-order valence-electron chi connectivity index (χ3n) is 3.65. The van der Waals surface area contributed by atoms with E-state index in [2.05, 4.69) is 0 Å². The third-order valence-corrected chi connectivity index (χ3v) is 4.87. The van der Waals surface area contributed by atoms with Gasteiger partial charge in [-0.25, -0.2) is 4.79 Å². The van der Waals surface area contributed by atoms with Gasteiger partial charge in [-0.05, 0) is 36.6 Å². The van der Waals surface area contributed by atoms with Gasteiger partial charge in [0.25, 0.3) is 5.56 Å². The van der Waals surface area contributed by atoms with Crippen LogP contribution in [-0.2, 0) is 14.1 Å². The predicted molar refractivity (Wildman–Crippen MR) is 88.6 cm³/mol. The highest BCUT2D eigenvalue weighted by molar-refractivity contribution is 7.99. The maximum absolute atomic E-state index is 12.5. The number of thioether (sulfide) groups is 1. The summed E-state index contributed by atoms with van der Waals surface area (Å²) >= 11 is 0.687. The largest absolute Gasteiger partial charge is 0.398 e. The number of hydrogen-bond acceptors (Lipinski definition) is 3. The molecule has 0 fully saturated rings. The summed E-state index contributed by atoms with van der Waals surface area (Å²) in [6.45, 7) is 3.51. The van der Waals surface area contributed by atoms with Gasteiger partial charge in [-0.1, -0.05) is 6.07 Å². The lowest BCUT2D eigenvalue weighted by molar-refractivity contribution is -0.105. The lowest BCUT2D eigenvalue weighted by Crippen LogP contribution is -2.37. The minimum atomic E-state index is -4.27. The summed E-state index contributed by atoms with van der Waals surface area (Å²) in [6, 6.07) is 3.33. The molecule has 0 bridgehead atoms. The Morgan fingerprint density at radius 3 is 2.25 bits per heavy atom. The van der Waals surface area contributed by atoms with Crippen molar-refractivity contribution in [2.24, 2.45) is 14.1 Å². The summed E-state index contributed by atoms with van der Waals surface area (Å²) in [5.41, 5.74) is 1.36. The van der Waals surface area contributed by atoms with Crippen LogP contribution in [0.4, 0.5) is 13.2 Å². The van der Waals surface area contributed by atoms with Gasteiger partial charge in [-0.2, -0.15) is 13.2 Å². The first-order valence-electron chi connectivity index (χ1n) is 7.09. The topological polar surface area (TPSA) is 44.0 Å². The Labute approximate surface area is 140 Å². The number of nitrogens with zero attached hydrogens (tertiary/aromatic N) is 2. The van der Waals surface area contributed by atoms with Crippen LogP contribution in [-0.4, -0.2) is 21.1 Å². The minimum absolute atomic E-state index is 0.283. The molecule has 4 nitrogen and oxygen atoms in total. The second-order valence-electron chi connectivity index (χ2n) is 5.64. The molecule has 0 aliphatic carbocycles. The van der Waals surface area contributed by atoms with E-state index in [4.69, 9.17) is 0 Å². The fraction of sp³-hybridized carbons (Fsp3) is 0.375. The van der Waals surface area contributed by atoms with Gasteiger partial charge >= 0.3 is 11.9 Å². The molecule has 0 unspecified atom stereocenters. The standard InChI is InChI=1S/C16H17F3N2O2S/c1-9-5-10(2)13(24-8-16(17,18)19)6-11(9)12-7-20(3)15(23)21(4)14(12)22/h5-7H,8H2,1-4H3. The van der Waals surface area contributed by atoms with Crippen LogP contribution in [0.15, 0.2) is 32.8 Å². The molecule has 0 atom stereocenters. The van der Waals surface area contributed by atoms with Gasteiger partial charge in [-0.3, -0.25) is 9.36 Å².